The van der Waals surface area contributed by atoms with Crippen LogP contribution in [0.2, 0.25) is 0 Å². The summed E-state index contributed by atoms with van der Waals surface area (Å²) in [5.41, 5.74) is 3.32. The highest BCUT2D eigenvalue weighted by molar-refractivity contribution is 5.93. The van der Waals surface area contributed by atoms with Gasteiger partial charge in [-0.15, -0.1) is 0 Å². The number of fused-ring (bicyclic) bond motifs is 1. The van der Waals surface area contributed by atoms with Crippen molar-refractivity contribution in [2.24, 2.45) is 0 Å². The lowest BCUT2D eigenvalue weighted by Gasteiger charge is -2.07. The number of non-ortho nitro benzene ring substituents is 1. The number of nitro groups is 1. The van der Waals surface area contributed by atoms with E-state index in [9.17, 15) is 10.1 Å². The van der Waals surface area contributed by atoms with E-state index < -0.39 is 4.92 Å². The number of aromatic nitrogens is 2. The summed E-state index contributed by atoms with van der Waals surface area (Å²) in [6, 6.07) is 11.1. The van der Waals surface area contributed by atoms with E-state index in [1.54, 1.807) is 6.07 Å². The van der Waals surface area contributed by atoms with Gasteiger partial charge in [0.25, 0.3) is 0 Å². The molecule has 0 aliphatic rings. The summed E-state index contributed by atoms with van der Waals surface area (Å²) in [5, 5.41) is 21.5. The Kier molecular flexibility index (Phi) is 3.23. The van der Waals surface area contributed by atoms with Gasteiger partial charge in [0, 0.05) is 12.6 Å². The van der Waals surface area contributed by atoms with Gasteiger partial charge in [-0.2, -0.15) is 0 Å². The summed E-state index contributed by atoms with van der Waals surface area (Å²) < 4.78 is 4.62. The van der Waals surface area contributed by atoms with Crippen molar-refractivity contribution >= 4 is 22.4 Å². The molecule has 0 spiro atoms. The van der Waals surface area contributed by atoms with Crippen molar-refractivity contribution < 1.29 is 9.55 Å². The van der Waals surface area contributed by atoms with Crippen molar-refractivity contribution in [3.8, 4) is 0 Å². The van der Waals surface area contributed by atoms with E-state index in [1.165, 1.54) is 11.6 Å². The minimum Gasteiger partial charge on any atom is -0.379 e. The van der Waals surface area contributed by atoms with Crippen LogP contribution in [0.1, 0.15) is 11.1 Å². The molecule has 0 unspecified atom stereocenters. The fraction of sp³-hybridized carbons (Fsp3) is 0.143. The van der Waals surface area contributed by atoms with Crippen molar-refractivity contribution in [2.45, 2.75) is 13.5 Å². The van der Waals surface area contributed by atoms with Crippen LogP contribution in [0.5, 0.6) is 0 Å². The van der Waals surface area contributed by atoms with E-state index in [4.69, 9.17) is 0 Å². The summed E-state index contributed by atoms with van der Waals surface area (Å²) in [5.74, 6) is 0. The number of benzene rings is 2. The van der Waals surface area contributed by atoms with Gasteiger partial charge in [0.15, 0.2) is 5.52 Å². The Balaban J connectivity index is 1.90. The van der Waals surface area contributed by atoms with E-state index in [0.717, 1.165) is 5.56 Å². The molecule has 7 nitrogen and oxygen atoms in total. The lowest BCUT2D eigenvalue weighted by atomic mass is 10.1. The molecule has 0 saturated carbocycles. The zero-order chi connectivity index (χ0) is 14.8. The van der Waals surface area contributed by atoms with Gasteiger partial charge < -0.3 is 5.32 Å². The maximum atomic E-state index is 10.9. The van der Waals surface area contributed by atoms with Crippen LogP contribution in [0.3, 0.4) is 0 Å². The Bertz CT molecular complexity index is 813. The SMILES string of the molecule is Cc1cccc(CNc2ccc([N+](=O)[O-])c3nonc23)c1. The molecule has 106 valence electrons. The number of nitrogens with zero attached hydrogens (tertiary/aromatic N) is 3. The third kappa shape index (κ3) is 2.53. The van der Waals surface area contributed by atoms with Crippen molar-refractivity contribution in [1.82, 2.24) is 10.3 Å². The molecule has 0 aliphatic carbocycles. The first-order valence-corrected chi connectivity index (χ1v) is 6.34. The molecule has 7 heteroatoms. The van der Waals surface area contributed by atoms with Gasteiger partial charge in [0.2, 0.25) is 5.52 Å². The number of nitrogens with one attached hydrogen (secondary N) is 1. The first-order valence-electron chi connectivity index (χ1n) is 6.34. The monoisotopic (exact) mass is 284 g/mol. The molecule has 0 bridgehead atoms. The fourth-order valence-electron chi connectivity index (χ4n) is 2.16. The molecule has 0 saturated heterocycles. The summed E-state index contributed by atoms with van der Waals surface area (Å²) in [6.07, 6.45) is 0. The molecule has 0 radical (unpaired) electrons. The number of hydrogen-bond acceptors (Lipinski definition) is 6. The molecule has 3 rings (SSSR count). The Morgan fingerprint density at radius 3 is 2.81 bits per heavy atom. The predicted molar refractivity (Wildman–Crippen MR) is 77.0 cm³/mol. The van der Waals surface area contributed by atoms with Gasteiger partial charge in [-0.25, -0.2) is 4.63 Å². The lowest BCUT2D eigenvalue weighted by Crippen LogP contribution is -2.01. The second-order valence-corrected chi connectivity index (χ2v) is 4.69. The summed E-state index contributed by atoms with van der Waals surface area (Å²) in [7, 11) is 0. The summed E-state index contributed by atoms with van der Waals surface area (Å²) in [6.45, 7) is 2.61. The highest BCUT2D eigenvalue weighted by Gasteiger charge is 2.19. The molecule has 1 aromatic heterocycles. The first kappa shape index (κ1) is 13.0. The molecule has 0 amide bonds. The Hall–Kier alpha value is -2.96. The van der Waals surface area contributed by atoms with Crippen LogP contribution < -0.4 is 5.32 Å². The third-order valence-electron chi connectivity index (χ3n) is 3.16. The van der Waals surface area contributed by atoms with Crippen molar-refractivity contribution in [3.63, 3.8) is 0 Å². The highest BCUT2D eigenvalue weighted by Crippen LogP contribution is 2.28. The number of hydrogen-bond donors (Lipinski definition) is 1. The quantitative estimate of drug-likeness (QED) is 0.584. The molecule has 21 heavy (non-hydrogen) atoms. The Morgan fingerprint density at radius 1 is 1.24 bits per heavy atom. The molecular weight excluding hydrogens is 272 g/mol. The smallest absolute Gasteiger partial charge is 0.300 e. The van der Waals surface area contributed by atoms with E-state index in [0.29, 0.717) is 17.7 Å². The van der Waals surface area contributed by atoms with Crippen molar-refractivity contribution in [1.29, 1.82) is 0 Å². The summed E-state index contributed by atoms with van der Waals surface area (Å²) in [4.78, 5) is 10.4. The lowest BCUT2D eigenvalue weighted by molar-refractivity contribution is -0.383. The third-order valence-corrected chi connectivity index (χ3v) is 3.16. The number of nitro benzene ring substituents is 1. The van der Waals surface area contributed by atoms with E-state index in [2.05, 4.69) is 26.3 Å². The predicted octanol–water partition coefficient (Wildman–Crippen LogP) is 3.05. The average molecular weight is 284 g/mol. The van der Waals surface area contributed by atoms with Crippen LogP contribution in [-0.4, -0.2) is 15.2 Å². The van der Waals surface area contributed by atoms with Crippen molar-refractivity contribution in [2.75, 3.05) is 5.32 Å². The standard InChI is InChI=1S/C14H12N4O3/c1-9-3-2-4-10(7-9)8-15-11-5-6-12(18(19)20)14-13(11)16-21-17-14/h2-7,15H,8H2,1H3. The van der Waals surface area contributed by atoms with Gasteiger partial charge >= 0.3 is 5.69 Å². The molecule has 0 atom stereocenters. The number of anilines is 1. The van der Waals surface area contributed by atoms with Gasteiger partial charge in [-0.05, 0) is 28.9 Å². The van der Waals surface area contributed by atoms with Crippen molar-refractivity contribution in [3.05, 3.63) is 57.6 Å². The van der Waals surface area contributed by atoms with Crippen LogP contribution in [0, 0.1) is 17.0 Å². The topological polar surface area (TPSA) is 94.1 Å². The first-order chi connectivity index (χ1) is 10.1. The van der Waals surface area contributed by atoms with Crippen LogP contribution >= 0.6 is 0 Å². The Labute approximate surface area is 119 Å². The molecule has 1 heterocycles. The minimum absolute atomic E-state index is 0.118. The molecular formula is C14H12N4O3. The Morgan fingerprint density at radius 2 is 2.05 bits per heavy atom. The largest absolute Gasteiger partial charge is 0.379 e. The summed E-state index contributed by atoms with van der Waals surface area (Å²) >= 11 is 0. The highest BCUT2D eigenvalue weighted by atomic mass is 16.6. The maximum absolute atomic E-state index is 10.9. The van der Waals surface area contributed by atoms with E-state index in [-0.39, 0.29) is 11.2 Å². The molecule has 3 aromatic rings. The van der Waals surface area contributed by atoms with E-state index >= 15 is 0 Å². The zero-order valence-corrected chi connectivity index (χ0v) is 11.2. The minimum atomic E-state index is -0.503. The van der Waals surface area contributed by atoms with Crippen LogP contribution in [0.15, 0.2) is 41.0 Å². The molecule has 0 aliphatic heterocycles. The molecule has 2 aromatic carbocycles. The van der Waals surface area contributed by atoms with E-state index in [1.807, 2.05) is 25.1 Å². The van der Waals surface area contributed by atoms with Crippen LogP contribution in [0.4, 0.5) is 11.4 Å². The second kappa shape index (κ2) is 5.20. The van der Waals surface area contributed by atoms with Gasteiger partial charge in [0.05, 0.1) is 10.6 Å². The number of rotatable bonds is 4. The van der Waals surface area contributed by atoms with Crippen LogP contribution in [0.25, 0.3) is 11.0 Å². The zero-order valence-electron chi connectivity index (χ0n) is 11.2. The van der Waals surface area contributed by atoms with Gasteiger partial charge in [-0.1, -0.05) is 29.8 Å². The fourth-order valence-corrected chi connectivity index (χ4v) is 2.16. The van der Waals surface area contributed by atoms with Gasteiger partial charge in [0.1, 0.15) is 0 Å². The molecule has 1 N–H and O–H groups in total. The van der Waals surface area contributed by atoms with Crippen LogP contribution in [-0.2, 0) is 6.54 Å². The number of aryl methyl sites for hydroxylation is 1. The second-order valence-electron chi connectivity index (χ2n) is 4.69. The normalized spacial score (nSPS) is 10.7. The molecule has 0 fully saturated rings. The average Bonchev–Trinajstić information content (AvgIpc) is 2.94. The van der Waals surface area contributed by atoms with Gasteiger partial charge in [-0.3, -0.25) is 10.1 Å². The maximum Gasteiger partial charge on any atom is 0.300 e.